The molecular weight excluding hydrogens is 200 g/mol. The highest BCUT2D eigenvalue weighted by Crippen LogP contribution is 2.25. The highest BCUT2D eigenvalue weighted by atomic mass is 16.5. The van der Waals surface area contributed by atoms with Crippen LogP contribution in [0.5, 0.6) is 0 Å². The Kier molecular flexibility index (Phi) is 2.46. The molecule has 0 amide bonds. The molecule has 1 aliphatic carbocycles. The highest BCUT2D eigenvalue weighted by molar-refractivity contribution is 5.60. The molecule has 0 atom stereocenters. The minimum atomic E-state index is 0.707. The van der Waals surface area contributed by atoms with Crippen molar-refractivity contribution in [3.63, 3.8) is 0 Å². The van der Waals surface area contributed by atoms with Crippen LogP contribution >= 0.6 is 0 Å². The number of aromatic nitrogens is 1. The second kappa shape index (κ2) is 4.10. The van der Waals surface area contributed by atoms with Gasteiger partial charge in [-0.2, -0.15) is 0 Å². The molecule has 82 valence electrons. The summed E-state index contributed by atoms with van der Waals surface area (Å²) in [6.07, 6.45) is 4.40. The molecule has 0 unspecified atom stereocenters. The Morgan fingerprint density at radius 3 is 2.81 bits per heavy atom. The first-order chi connectivity index (χ1) is 7.93. The first-order valence-corrected chi connectivity index (χ1v) is 5.66. The summed E-state index contributed by atoms with van der Waals surface area (Å²) in [5.74, 6) is 0.883. The van der Waals surface area contributed by atoms with Crippen LogP contribution in [0.3, 0.4) is 0 Å². The molecule has 0 spiro atoms. The quantitative estimate of drug-likeness (QED) is 0.850. The molecule has 0 radical (unpaired) electrons. The number of hydrogen-bond donors (Lipinski definition) is 1. The van der Waals surface area contributed by atoms with Gasteiger partial charge in [-0.3, -0.25) is 0 Å². The summed E-state index contributed by atoms with van der Waals surface area (Å²) in [5.41, 5.74) is 2.23. The lowest BCUT2D eigenvalue weighted by Gasteiger charge is -2.02. The van der Waals surface area contributed by atoms with Gasteiger partial charge in [0.2, 0.25) is 0 Å². The highest BCUT2D eigenvalue weighted by Gasteiger charge is 2.21. The van der Waals surface area contributed by atoms with Crippen molar-refractivity contribution in [2.24, 2.45) is 0 Å². The van der Waals surface area contributed by atoms with Gasteiger partial charge in [0.1, 0.15) is 0 Å². The van der Waals surface area contributed by atoms with Crippen LogP contribution in [-0.2, 0) is 6.54 Å². The third-order valence-electron chi connectivity index (χ3n) is 2.84. The Bertz CT molecular complexity index is 460. The first kappa shape index (κ1) is 9.60. The van der Waals surface area contributed by atoms with Crippen LogP contribution in [0.25, 0.3) is 11.3 Å². The van der Waals surface area contributed by atoms with Gasteiger partial charge >= 0.3 is 0 Å². The van der Waals surface area contributed by atoms with Gasteiger partial charge in [-0.15, -0.1) is 0 Å². The molecule has 3 rings (SSSR count). The van der Waals surface area contributed by atoms with Crippen molar-refractivity contribution in [3.8, 4) is 11.3 Å². The van der Waals surface area contributed by atoms with E-state index in [4.69, 9.17) is 4.52 Å². The van der Waals surface area contributed by atoms with Crippen molar-refractivity contribution in [1.82, 2.24) is 10.5 Å². The molecule has 1 aromatic heterocycles. The maximum Gasteiger partial charge on any atom is 0.171 e. The van der Waals surface area contributed by atoms with Crippen molar-refractivity contribution in [3.05, 3.63) is 42.1 Å². The van der Waals surface area contributed by atoms with E-state index in [0.717, 1.165) is 23.4 Å². The topological polar surface area (TPSA) is 38.1 Å². The molecule has 1 heterocycles. The Hall–Kier alpha value is -1.61. The zero-order valence-electron chi connectivity index (χ0n) is 9.02. The maximum absolute atomic E-state index is 5.31. The Labute approximate surface area is 94.5 Å². The summed E-state index contributed by atoms with van der Waals surface area (Å²) >= 11 is 0. The zero-order chi connectivity index (χ0) is 10.8. The van der Waals surface area contributed by atoms with Gasteiger partial charge in [0, 0.05) is 23.7 Å². The fourth-order valence-electron chi connectivity index (χ4n) is 1.76. The summed E-state index contributed by atoms with van der Waals surface area (Å²) in [6.45, 7) is 0.846. The molecule has 16 heavy (non-hydrogen) atoms. The number of nitrogens with zero attached hydrogens (tertiary/aromatic N) is 1. The van der Waals surface area contributed by atoms with E-state index in [1.54, 1.807) is 6.20 Å². The van der Waals surface area contributed by atoms with E-state index in [2.05, 4.69) is 10.5 Å². The van der Waals surface area contributed by atoms with Crippen LogP contribution in [-0.4, -0.2) is 11.2 Å². The summed E-state index contributed by atoms with van der Waals surface area (Å²) in [4.78, 5) is 0. The number of hydrogen-bond acceptors (Lipinski definition) is 3. The van der Waals surface area contributed by atoms with E-state index < -0.39 is 0 Å². The average Bonchev–Trinajstić information content (AvgIpc) is 3.05. The second-order valence-electron chi connectivity index (χ2n) is 4.20. The van der Waals surface area contributed by atoms with Crippen LogP contribution in [0.1, 0.15) is 18.4 Å². The number of benzene rings is 1. The smallest absolute Gasteiger partial charge is 0.171 e. The Morgan fingerprint density at radius 1 is 1.25 bits per heavy atom. The fraction of sp³-hybridized carbons (Fsp3) is 0.308. The largest absolute Gasteiger partial charge is 0.356 e. The molecular formula is C13H14N2O. The molecule has 3 nitrogen and oxygen atoms in total. The summed E-state index contributed by atoms with van der Waals surface area (Å²) in [6, 6.07) is 10.8. The van der Waals surface area contributed by atoms with Crippen molar-refractivity contribution in [2.45, 2.75) is 25.4 Å². The normalized spacial score (nSPS) is 15.2. The molecule has 1 saturated carbocycles. The van der Waals surface area contributed by atoms with Gasteiger partial charge in [0.05, 0.1) is 6.20 Å². The van der Waals surface area contributed by atoms with E-state index >= 15 is 0 Å². The summed E-state index contributed by atoms with van der Waals surface area (Å²) < 4.78 is 5.31. The molecule has 1 aromatic carbocycles. The molecule has 0 bridgehead atoms. The SMILES string of the molecule is c1ccc(-c2oncc2CNC2CC2)cc1. The van der Waals surface area contributed by atoms with Gasteiger partial charge in [-0.25, -0.2) is 0 Å². The third-order valence-corrected chi connectivity index (χ3v) is 2.84. The van der Waals surface area contributed by atoms with Crippen LogP contribution in [0.4, 0.5) is 0 Å². The lowest BCUT2D eigenvalue weighted by molar-refractivity contribution is 0.431. The predicted octanol–water partition coefficient (Wildman–Crippen LogP) is 2.59. The fourth-order valence-corrected chi connectivity index (χ4v) is 1.76. The van der Waals surface area contributed by atoms with E-state index in [1.165, 1.54) is 12.8 Å². The molecule has 1 fully saturated rings. The number of rotatable bonds is 4. The van der Waals surface area contributed by atoms with Crippen molar-refractivity contribution in [1.29, 1.82) is 0 Å². The van der Waals surface area contributed by atoms with E-state index in [0.29, 0.717) is 6.04 Å². The predicted molar refractivity (Wildman–Crippen MR) is 61.8 cm³/mol. The van der Waals surface area contributed by atoms with Crippen molar-refractivity contribution < 1.29 is 4.52 Å². The van der Waals surface area contributed by atoms with Crippen LogP contribution in [0, 0.1) is 0 Å². The summed E-state index contributed by atoms with van der Waals surface area (Å²) in [5, 5.41) is 7.35. The Balaban J connectivity index is 1.81. The molecule has 0 saturated heterocycles. The van der Waals surface area contributed by atoms with Gasteiger partial charge in [-0.1, -0.05) is 35.5 Å². The monoisotopic (exact) mass is 214 g/mol. The molecule has 2 aromatic rings. The van der Waals surface area contributed by atoms with E-state index in [-0.39, 0.29) is 0 Å². The second-order valence-corrected chi connectivity index (χ2v) is 4.20. The van der Waals surface area contributed by atoms with Crippen LogP contribution < -0.4 is 5.32 Å². The van der Waals surface area contributed by atoms with Gasteiger partial charge in [-0.05, 0) is 12.8 Å². The molecule has 3 heteroatoms. The van der Waals surface area contributed by atoms with Gasteiger partial charge in [0.15, 0.2) is 5.76 Å². The molecule has 1 aliphatic rings. The Morgan fingerprint density at radius 2 is 2.06 bits per heavy atom. The average molecular weight is 214 g/mol. The molecule has 1 N–H and O–H groups in total. The molecule has 0 aliphatic heterocycles. The van der Waals surface area contributed by atoms with E-state index in [1.807, 2.05) is 30.3 Å². The first-order valence-electron chi connectivity index (χ1n) is 5.66. The third kappa shape index (κ3) is 1.99. The minimum absolute atomic E-state index is 0.707. The van der Waals surface area contributed by atoms with Crippen molar-refractivity contribution in [2.75, 3.05) is 0 Å². The van der Waals surface area contributed by atoms with Crippen molar-refractivity contribution >= 4 is 0 Å². The maximum atomic E-state index is 5.31. The van der Waals surface area contributed by atoms with Crippen LogP contribution in [0.2, 0.25) is 0 Å². The van der Waals surface area contributed by atoms with Gasteiger partial charge in [0.25, 0.3) is 0 Å². The lowest BCUT2D eigenvalue weighted by Crippen LogP contribution is -2.15. The number of nitrogens with one attached hydrogen (secondary N) is 1. The standard InChI is InChI=1S/C13H14N2O/c1-2-4-10(5-3-1)13-11(9-15-16-13)8-14-12-6-7-12/h1-5,9,12,14H,6-8H2. The zero-order valence-corrected chi connectivity index (χ0v) is 9.02. The van der Waals surface area contributed by atoms with Crippen LogP contribution in [0.15, 0.2) is 41.1 Å². The lowest BCUT2D eigenvalue weighted by atomic mass is 10.1. The summed E-state index contributed by atoms with van der Waals surface area (Å²) in [7, 11) is 0. The van der Waals surface area contributed by atoms with E-state index in [9.17, 15) is 0 Å². The minimum Gasteiger partial charge on any atom is -0.356 e. The van der Waals surface area contributed by atoms with Gasteiger partial charge < -0.3 is 9.84 Å².